The third-order valence-corrected chi connectivity index (χ3v) is 4.67. The van der Waals surface area contributed by atoms with Crippen molar-refractivity contribution < 1.29 is 20.1 Å². The first-order valence-electron chi connectivity index (χ1n) is 9.65. The zero-order chi connectivity index (χ0) is 20.5. The number of carbonyl (C=O) groups is 1. The maximum Gasteiger partial charge on any atom is 0.224 e. The number of hydrogen-bond acceptors (Lipinski definition) is 5. The lowest BCUT2D eigenvalue weighted by Gasteiger charge is -2.17. The highest BCUT2D eigenvalue weighted by Gasteiger charge is 2.12. The number of carbonyl (C=O) groups excluding carboxylic acids is 1. The van der Waals surface area contributed by atoms with Crippen LogP contribution in [-0.2, 0) is 4.79 Å². The van der Waals surface area contributed by atoms with E-state index in [0.29, 0.717) is 18.5 Å². The van der Waals surface area contributed by atoms with E-state index in [1.165, 1.54) is 12.1 Å². The zero-order valence-corrected chi connectivity index (χ0v) is 16.5. The molecule has 28 heavy (non-hydrogen) atoms. The highest BCUT2D eigenvalue weighted by molar-refractivity contribution is 5.90. The van der Waals surface area contributed by atoms with Gasteiger partial charge in [0.05, 0.1) is 6.10 Å². The molecule has 0 heterocycles. The molecule has 2 aromatic carbocycles. The third kappa shape index (κ3) is 7.21. The molecule has 5 N–H and O–H groups in total. The molecule has 152 valence electrons. The van der Waals surface area contributed by atoms with Crippen LogP contribution in [0.1, 0.15) is 49.8 Å². The molecule has 0 spiro atoms. The molecule has 6 heteroatoms. The largest absolute Gasteiger partial charge is 0.504 e. The molecular weight excluding hydrogens is 356 g/mol. The number of phenolic OH excluding ortho intramolecular Hbond substituents is 2. The SMILES string of the molecule is Cc1ccc(NC(=O)CCCC[C@H](C)NC[C@H](O)c2ccc(O)c(O)c2)cc1. The highest BCUT2D eigenvalue weighted by atomic mass is 16.3. The summed E-state index contributed by atoms with van der Waals surface area (Å²) in [6.45, 7) is 4.39. The van der Waals surface area contributed by atoms with Gasteiger partial charge in [0.25, 0.3) is 0 Å². The Kier molecular flexibility index (Phi) is 8.29. The van der Waals surface area contributed by atoms with Crippen LogP contribution in [0.25, 0.3) is 0 Å². The second kappa shape index (κ2) is 10.7. The summed E-state index contributed by atoms with van der Waals surface area (Å²) in [6.07, 6.45) is 2.32. The molecule has 0 aromatic heterocycles. The minimum atomic E-state index is -0.769. The minimum Gasteiger partial charge on any atom is -0.504 e. The van der Waals surface area contributed by atoms with Crippen molar-refractivity contribution in [3.05, 3.63) is 53.6 Å². The van der Waals surface area contributed by atoms with Gasteiger partial charge < -0.3 is 26.0 Å². The molecule has 6 nitrogen and oxygen atoms in total. The Morgan fingerprint density at radius 1 is 1.04 bits per heavy atom. The molecule has 0 bridgehead atoms. The smallest absolute Gasteiger partial charge is 0.224 e. The number of rotatable bonds is 10. The van der Waals surface area contributed by atoms with Crippen molar-refractivity contribution in [2.24, 2.45) is 0 Å². The van der Waals surface area contributed by atoms with Crippen molar-refractivity contribution in [2.75, 3.05) is 11.9 Å². The fourth-order valence-electron chi connectivity index (χ4n) is 2.88. The van der Waals surface area contributed by atoms with Crippen LogP contribution in [0.5, 0.6) is 11.5 Å². The van der Waals surface area contributed by atoms with Gasteiger partial charge in [0, 0.05) is 24.7 Å². The second-order valence-electron chi connectivity index (χ2n) is 7.23. The van der Waals surface area contributed by atoms with Gasteiger partial charge >= 0.3 is 0 Å². The van der Waals surface area contributed by atoms with Gasteiger partial charge in [-0.1, -0.05) is 30.2 Å². The lowest BCUT2D eigenvalue weighted by atomic mass is 10.1. The predicted molar refractivity (Wildman–Crippen MR) is 110 cm³/mol. The Bertz CT molecular complexity index is 762. The van der Waals surface area contributed by atoms with Gasteiger partial charge in [-0.15, -0.1) is 0 Å². The van der Waals surface area contributed by atoms with E-state index < -0.39 is 6.10 Å². The van der Waals surface area contributed by atoms with Crippen molar-refractivity contribution in [3.63, 3.8) is 0 Å². The van der Waals surface area contributed by atoms with Crippen molar-refractivity contribution in [1.82, 2.24) is 5.32 Å². The van der Waals surface area contributed by atoms with E-state index >= 15 is 0 Å². The summed E-state index contributed by atoms with van der Waals surface area (Å²) < 4.78 is 0. The van der Waals surface area contributed by atoms with Gasteiger partial charge in [0.15, 0.2) is 11.5 Å². The van der Waals surface area contributed by atoms with Gasteiger partial charge in [-0.05, 0) is 56.5 Å². The van der Waals surface area contributed by atoms with E-state index in [1.54, 1.807) is 6.07 Å². The Morgan fingerprint density at radius 2 is 1.75 bits per heavy atom. The number of nitrogens with one attached hydrogen (secondary N) is 2. The molecule has 0 radical (unpaired) electrons. The molecule has 0 aliphatic rings. The van der Waals surface area contributed by atoms with Crippen LogP contribution in [0.2, 0.25) is 0 Å². The molecular formula is C22H30N2O4. The number of hydrogen-bond donors (Lipinski definition) is 5. The van der Waals surface area contributed by atoms with E-state index in [-0.39, 0.29) is 23.4 Å². The summed E-state index contributed by atoms with van der Waals surface area (Å²) in [5, 5.41) is 35.2. The number of anilines is 1. The Balaban J connectivity index is 1.61. The average molecular weight is 386 g/mol. The van der Waals surface area contributed by atoms with Crippen molar-refractivity contribution in [2.45, 2.75) is 51.7 Å². The number of phenols is 2. The van der Waals surface area contributed by atoms with Crippen LogP contribution < -0.4 is 10.6 Å². The quantitative estimate of drug-likeness (QED) is 0.317. The highest BCUT2D eigenvalue weighted by Crippen LogP contribution is 2.27. The molecule has 2 rings (SSSR count). The van der Waals surface area contributed by atoms with Gasteiger partial charge in [-0.25, -0.2) is 0 Å². The van der Waals surface area contributed by atoms with Crippen LogP contribution in [0, 0.1) is 6.92 Å². The molecule has 0 fully saturated rings. The van der Waals surface area contributed by atoms with Crippen LogP contribution in [0.15, 0.2) is 42.5 Å². The lowest BCUT2D eigenvalue weighted by Crippen LogP contribution is -2.30. The molecule has 0 saturated heterocycles. The molecule has 2 atom stereocenters. The van der Waals surface area contributed by atoms with E-state index in [2.05, 4.69) is 10.6 Å². The average Bonchev–Trinajstić information content (AvgIpc) is 2.67. The van der Waals surface area contributed by atoms with Crippen LogP contribution in [-0.4, -0.2) is 33.8 Å². The number of aromatic hydroxyl groups is 2. The van der Waals surface area contributed by atoms with E-state index in [1.807, 2.05) is 38.1 Å². The van der Waals surface area contributed by atoms with Crippen LogP contribution in [0.4, 0.5) is 5.69 Å². The molecule has 1 amide bonds. The zero-order valence-electron chi connectivity index (χ0n) is 16.5. The van der Waals surface area contributed by atoms with Crippen molar-refractivity contribution in [1.29, 1.82) is 0 Å². The first kappa shape index (κ1) is 21.7. The Labute approximate surface area is 166 Å². The van der Waals surface area contributed by atoms with E-state index in [0.717, 1.165) is 30.5 Å². The summed E-state index contributed by atoms with van der Waals surface area (Å²) in [5.41, 5.74) is 2.52. The summed E-state index contributed by atoms with van der Waals surface area (Å²) >= 11 is 0. The summed E-state index contributed by atoms with van der Waals surface area (Å²) in [4.78, 5) is 12.0. The maximum atomic E-state index is 12.0. The summed E-state index contributed by atoms with van der Waals surface area (Å²) in [7, 11) is 0. The number of unbranched alkanes of at least 4 members (excludes halogenated alkanes) is 1. The second-order valence-corrected chi connectivity index (χ2v) is 7.23. The predicted octanol–water partition coefficient (Wildman–Crippen LogP) is 3.62. The van der Waals surface area contributed by atoms with Gasteiger partial charge in [-0.2, -0.15) is 0 Å². The maximum absolute atomic E-state index is 12.0. The number of aliphatic hydroxyl groups is 1. The van der Waals surface area contributed by atoms with E-state index in [4.69, 9.17) is 0 Å². The monoisotopic (exact) mass is 386 g/mol. The lowest BCUT2D eigenvalue weighted by molar-refractivity contribution is -0.116. The first-order valence-corrected chi connectivity index (χ1v) is 9.65. The Hall–Kier alpha value is -2.57. The number of aryl methyl sites for hydroxylation is 1. The fourth-order valence-corrected chi connectivity index (χ4v) is 2.88. The van der Waals surface area contributed by atoms with E-state index in [9.17, 15) is 20.1 Å². The standard InChI is InChI=1S/C22H30N2O4/c1-15-7-10-18(11-8-15)24-22(28)6-4-3-5-16(2)23-14-21(27)17-9-12-19(25)20(26)13-17/h7-13,16,21,23,25-27H,3-6,14H2,1-2H3,(H,24,28)/t16-,21-/m0/s1. The Morgan fingerprint density at radius 3 is 2.43 bits per heavy atom. The van der Waals surface area contributed by atoms with Crippen molar-refractivity contribution in [3.8, 4) is 11.5 Å². The summed E-state index contributed by atoms with van der Waals surface area (Å²) in [6, 6.07) is 12.2. The van der Waals surface area contributed by atoms with Gasteiger partial charge in [-0.3, -0.25) is 4.79 Å². The van der Waals surface area contributed by atoms with Gasteiger partial charge in [0.1, 0.15) is 0 Å². The summed E-state index contributed by atoms with van der Waals surface area (Å²) in [5.74, 6) is -0.427. The molecule has 0 aliphatic heterocycles. The minimum absolute atomic E-state index is 0.0204. The molecule has 2 aromatic rings. The molecule has 0 unspecified atom stereocenters. The van der Waals surface area contributed by atoms with Crippen LogP contribution in [0.3, 0.4) is 0 Å². The fraction of sp³-hybridized carbons (Fsp3) is 0.409. The first-order chi connectivity index (χ1) is 13.3. The number of benzene rings is 2. The third-order valence-electron chi connectivity index (χ3n) is 4.67. The number of aliphatic hydroxyl groups excluding tert-OH is 1. The number of amides is 1. The normalized spacial score (nSPS) is 13.1. The van der Waals surface area contributed by atoms with Crippen molar-refractivity contribution >= 4 is 11.6 Å². The molecule has 0 aliphatic carbocycles. The van der Waals surface area contributed by atoms with Crippen LogP contribution >= 0.6 is 0 Å². The van der Waals surface area contributed by atoms with Gasteiger partial charge in [0.2, 0.25) is 5.91 Å². The molecule has 0 saturated carbocycles. The topological polar surface area (TPSA) is 102 Å².